The standard InChI is InChI=1S/C17H21N/c1-4-17(2,3)15-12-8-9-13-16(15)18-14-10-6-5-7-11-14/h5-13,18H,4H2,1-3H3/p+1. The van der Waals surface area contributed by atoms with Crippen LogP contribution in [-0.4, -0.2) is 0 Å². The van der Waals surface area contributed by atoms with Gasteiger partial charge in [-0.3, -0.25) is 5.32 Å². The van der Waals surface area contributed by atoms with Crippen LogP contribution in [0.4, 0.5) is 11.4 Å². The molecule has 0 aromatic heterocycles. The third kappa shape index (κ3) is 2.80. The second-order valence-corrected chi connectivity index (χ2v) is 5.38. The van der Waals surface area contributed by atoms with Crippen LogP contribution < -0.4 is 5.32 Å². The Kier molecular flexibility index (Phi) is 3.83. The molecule has 0 bridgehead atoms. The number of hydrogen-bond acceptors (Lipinski definition) is 0. The molecule has 0 saturated heterocycles. The molecule has 2 aromatic rings. The molecule has 94 valence electrons. The van der Waals surface area contributed by atoms with Crippen LogP contribution >= 0.6 is 0 Å². The third-order valence-corrected chi connectivity index (χ3v) is 3.70. The SMILES string of the molecule is CCC(C)(C)c1ccccc1[NH2+]c1ccccc1. The Balaban J connectivity index is 2.34. The van der Waals surface area contributed by atoms with Crippen molar-refractivity contribution in [2.24, 2.45) is 0 Å². The monoisotopic (exact) mass is 240 g/mol. The van der Waals surface area contributed by atoms with Gasteiger partial charge in [-0.25, -0.2) is 0 Å². The van der Waals surface area contributed by atoms with Gasteiger partial charge in [-0.15, -0.1) is 0 Å². The van der Waals surface area contributed by atoms with E-state index >= 15 is 0 Å². The first-order valence-electron chi connectivity index (χ1n) is 6.63. The summed E-state index contributed by atoms with van der Waals surface area (Å²) in [6.45, 7) is 6.87. The summed E-state index contributed by atoms with van der Waals surface area (Å²) in [5, 5.41) is 2.27. The van der Waals surface area contributed by atoms with Crippen molar-refractivity contribution < 1.29 is 5.32 Å². The smallest absolute Gasteiger partial charge is 0.138 e. The summed E-state index contributed by atoms with van der Waals surface area (Å²) in [6, 6.07) is 19.2. The van der Waals surface area contributed by atoms with E-state index in [2.05, 4.69) is 80.7 Å². The van der Waals surface area contributed by atoms with E-state index in [1.54, 1.807) is 0 Å². The molecule has 0 heterocycles. The highest BCUT2D eigenvalue weighted by Gasteiger charge is 2.23. The number of rotatable bonds is 4. The van der Waals surface area contributed by atoms with Crippen LogP contribution in [0.1, 0.15) is 32.8 Å². The van der Waals surface area contributed by atoms with Crippen molar-refractivity contribution in [3.8, 4) is 0 Å². The van der Waals surface area contributed by atoms with Gasteiger partial charge in [-0.2, -0.15) is 0 Å². The lowest BCUT2D eigenvalue weighted by molar-refractivity contribution is -0.479. The van der Waals surface area contributed by atoms with Crippen LogP contribution in [0.2, 0.25) is 0 Å². The number of hydrogen-bond donors (Lipinski definition) is 1. The molecule has 2 N–H and O–H groups in total. The Morgan fingerprint density at radius 3 is 2.17 bits per heavy atom. The van der Waals surface area contributed by atoms with Gasteiger partial charge in [0.2, 0.25) is 0 Å². The van der Waals surface area contributed by atoms with E-state index in [1.807, 2.05) is 0 Å². The molecular weight excluding hydrogens is 218 g/mol. The second kappa shape index (κ2) is 5.36. The summed E-state index contributed by atoms with van der Waals surface area (Å²) in [6.07, 6.45) is 1.15. The van der Waals surface area contributed by atoms with Gasteiger partial charge in [-0.1, -0.05) is 57.2 Å². The van der Waals surface area contributed by atoms with Gasteiger partial charge in [-0.05, 0) is 30.0 Å². The molecule has 0 saturated carbocycles. The summed E-state index contributed by atoms with van der Waals surface area (Å²) >= 11 is 0. The molecule has 0 fully saturated rings. The lowest BCUT2D eigenvalue weighted by Crippen LogP contribution is -2.71. The zero-order valence-electron chi connectivity index (χ0n) is 11.5. The molecule has 0 radical (unpaired) electrons. The highest BCUT2D eigenvalue weighted by atomic mass is 14.9. The molecule has 0 spiro atoms. The van der Waals surface area contributed by atoms with Gasteiger partial charge >= 0.3 is 0 Å². The van der Waals surface area contributed by atoms with Crippen molar-refractivity contribution in [1.82, 2.24) is 0 Å². The van der Waals surface area contributed by atoms with E-state index in [-0.39, 0.29) is 5.41 Å². The first kappa shape index (κ1) is 12.8. The first-order valence-corrected chi connectivity index (χ1v) is 6.63. The number of para-hydroxylation sites is 2. The van der Waals surface area contributed by atoms with Gasteiger partial charge in [0.25, 0.3) is 0 Å². The molecule has 1 nitrogen and oxygen atoms in total. The van der Waals surface area contributed by atoms with Crippen LogP contribution in [0.5, 0.6) is 0 Å². The molecule has 0 amide bonds. The van der Waals surface area contributed by atoms with Gasteiger partial charge < -0.3 is 0 Å². The Morgan fingerprint density at radius 1 is 0.889 bits per heavy atom. The van der Waals surface area contributed by atoms with Gasteiger partial charge in [0, 0.05) is 5.56 Å². The highest BCUT2D eigenvalue weighted by Crippen LogP contribution is 2.30. The normalized spacial score (nSPS) is 11.5. The molecule has 0 atom stereocenters. The minimum absolute atomic E-state index is 0.224. The zero-order valence-corrected chi connectivity index (χ0v) is 11.5. The van der Waals surface area contributed by atoms with Crippen LogP contribution in [0, 0.1) is 0 Å². The fourth-order valence-electron chi connectivity index (χ4n) is 2.16. The molecule has 2 aromatic carbocycles. The van der Waals surface area contributed by atoms with E-state index in [0.29, 0.717) is 0 Å². The summed E-state index contributed by atoms with van der Waals surface area (Å²) < 4.78 is 0. The number of nitrogens with two attached hydrogens (primary N) is 1. The van der Waals surface area contributed by atoms with Crippen molar-refractivity contribution in [2.45, 2.75) is 32.6 Å². The predicted molar refractivity (Wildman–Crippen MR) is 77.4 cm³/mol. The molecular formula is C17H22N+. The largest absolute Gasteiger partial charge is 0.281 e. The topological polar surface area (TPSA) is 16.6 Å². The highest BCUT2D eigenvalue weighted by molar-refractivity contribution is 5.46. The average molecular weight is 240 g/mol. The molecule has 0 aliphatic rings. The Bertz CT molecular complexity index is 500. The summed E-state index contributed by atoms with van der Waals surface area (Å²) in [5.74, 6) is 0. The van der Waals surface area contributed by atoms with Crippen molar-refractivity contribution in [3.05, 3.63) is 60.2 Å². The minimum Gasteiger partial charge on any atom is -0.281 e. The Labute approximate surface area is 110 Å². The Morgan fingerprint density at radius 2 is 1.50 bits per heavy atom. The van der Waals surface area contributed by atoms with E-state index in [0.717, 1.165) is 6.42 Å². The number of quaternary nitrogens is 1. The second-order valence-electron chi connectivity index (χ2n) is 5.38. The van der Waals surface area contributed by atoms with Crippen LogP contribution in [0.15, 0.2) is 54.6 Å². The molecule has 0 unspecified atom stereocenters. The van der Waals surface area contributed by atoms with Gasteiger partial charge in [0.05, 0.1) is 0 Å². The quantitative estimate of drug-likeness (QED) is 0.781. The number of benzene rings is 2. The maximum Gasteiger partial charge on any atom is 0.138 e. The van der Waals surface area contributed by atoms with Crippen LogP contribution in [-0.2, 0) is 5.41 Å². The Hall–Kier alpha value is -1.60. The lowest BCUT2D eigenvalue weighted by Gasteiger charge is -2.24. The molecule has 2 rings (SSSR count). The van der Waals surface area contributed by atoms with Gasteiger partial charge in [0.15, 0.2) is 0 Å². The summed E-state index contributed by atoms with van der Waals surface area (Å²) in [4.78, 5) is 0. The average Bonchev–Trinajstić information content (AvgIpc) is 2.40. The molecule has 0 aliphatic carbocycles. The zero-order chi connectivity index (χ0) is 13.0. The van der Waals surface area contributed by atoms with Crippen molar-refractivity contribution in [2.75, 3.05) is 0 Å². The van der Waals surface area contributed by atoms with E-state index in [1.165, 1.54) is 16.9 Å². The fourth-order valence-corrected chi connectivity index (χ4v) is 2.16. The predicted octanol–water partition coefficient (Wildman–Crippen LogP) is 3.90. The van der Waals surface area contributed by atoms with Crippen LogP contribution in [0.3, 0.4) is 0 Å². The van der Waals surface area contributed by atoms with E-state index in [4.69, 9.17) is 0 Å². The van der Waals surface area contributed by atoms with E-state index in [9.17, 15) is 0 Å². The molecule has 0 aliphatic heterocycles. The fraction of sp³-hybridized carbons (Fsp3) is 0.294. The van der Waals surface area contributed by atoms with Crippen molar-refractivity contribution in [1.29, 1.82) is 0 Å². The van der Waals surface area contributed by atoms with E-state index < -0.39 is 0 Å². The summed E-state index contributed by atoms with van der Waals surface area (Å²) in [7, 11) is 0. The van der Waals surface area contributed by atoms with Crippen molar-refractivity contribution in [3.63, 3.8) is 0 Å². The van der Waals surface area contributed by atoms with Crippen molar-refractivity contribution >= 4 is 11.4 Å². The minimum atomic E-state index is 0.224. The molecule has 1 heteroatoms. The maximum absolute atomic E-state index is 2.31. The molecule has 18 heavy (non-hydrogen) atoms. The van der Waals surface area contributed by atoms with Gasteiger partial charge in [0.1, 0.15) is 11.4 Å². The lowest BCUT2D eigenvalue weighted by atomic mass is 9.81. The third-order valence-electron chi connectivity index (χ3n) is 3.70. The summed E-state index contributed by atoms with van der Waals surface area (Å²) in [5.41, 5.74) is 4.24. The van der Waals surface area contributed by atoms with Crippen LogP contribution in [0.25, 0.3) is 0 Å². The maximum atomic E-state index is 2.31. The first-order chi connectivity index (χ1) is 8.63.